The minimum Gasteiger partial charge on any atom is -0.508 e. The molecule has 0 saturated carbocycles. The molecule has 0 aliphatic carbocycles. The lowest BCUT2D eigenvalue weighted by atomic mass is 10.0. The zero-order chi connectivity index (χ0) is 84.7. The number of anilines is 6. The third-order valence-corrected chi connectivity index (χ3v) is 20.5. The van der Waals surface area contributed by atoms with E-state index in [0.29, 0.717) is 101 Å². The van der Waals surface area contributed by atoms with Gasteiger partial charge in [-0.05, 0) is 152 Å². The molecule has 1 fully saturated rings. The summed E-state index contributed by atoms with van der Waals surface area (Å²) in [7, 11) is 3.34. The largest absolute Gasteiger partial charge is 0.508 e. The van der Waals surface area contributed by atoms with Crippen LogP contribution in [0.5, 0.6) is 35.3 Å². The number of rotatable bonds is 25. The number of carbonyl (C=O) groups is 4. The number of aromatic nitrogens is 6. The second-order valence-corrected chi connectivity index (χ2v) is 28.6. The molecular formula is C89H119N17O11. The molecule has 4 aliphatic heterocycles. The SMILES string of the molecule is C=CC(=O)N(CC)C(C)C(=O)N(C)C.C=CC(=O)N(CC)CC.C=CC(=O)N(CC)CCCO.CCCOc1nc(N)c2c(n1)CN(c1cc(O)cc3ccccc13)CC2.CCCOc1nc(N)c2c(n1)CN(c1cc(O)cc3ccccc13)CC2.Nc1nc(OCCN2CCCCC2)nc2c1CCN(c1cc(O)cc3ccccc13)C2. The zero-order valence-electron chi connectivity index (χ0n) is 69.6. The smallest absolute Gasteiger partial charge is 0.318 e. The third kappa shape index (κ3) is 25.0. The van der Waals surface area contributed by atoms with Crippen molar-refractivity contribution < 1.29 is 53.8 Å². The van der Waals surface area contributed by atoms with E-state index in [4.69, 9.17) is 41.5 Å². The number of fused-ring (bicyclic) bond motifs is 6. The number of likely N-dealkylation sites (N-methyl/N-ethyl adjacent to an activating group) is 4. The molecule has 10 N–H and O–H groups in total. The Morgan fingerprint density at radius 3 is 1.17 bits per heavy atom. The standard InChI is InChI=1S/C24H29N5O2.2C20H22N4O2.C10H18N2O2.C8H15NO2.C7H13NO/c25-23-20-8-11-29(22-15-18(30)14-17-6-2-3-7-19(17)22)16-21(20)26-24(27-23)31-13-12-28-9-4-1-5-10-28;2*1-2-9-26-20-22-17-12-24(8-7-16(17)19(21)23-20)18-11-14(25)10-13-5-3-4-6-15(13)18;1-6-9(13)12(7-2)8(3)10(14)11(4)5;1-3-8(11)9(4-2)6-5-7-10;1-4-7(9)8(5-2)6-3/h2-3,6-7,14-15,30H,1,4-5,8-13,16H2,(H2,25,26,27);2*3-6,10-11,25H,2,7-9,12H2,1H3,(H2,21,22,23);6,8H,1,7H2,2-5H3;3,10H,1,4-7H2,2H3;4H,1,5-6H2,2-3H3. The van der Waals surface area contributed by atoms with E-state index >= 15 is 0 Å². The van der Waals surface area contributed by atoms with Crippen LogP contribution in [-0.2, 0) is 58.1 Å². The van der Waals surface area contributed by atoms with Crippen molar-refractivity contribution in [3.05, 3.63) is 181 Å². The topological polar surface area (TPSA) is 358 Å². The first kappa shape index (κ1) is 90.5. The van der Waals surface area contributed by atoms with Gasteiger partial charge in [0.2, 0.25) is 23.6 Å². The summed E-state index contributed by atoms with van der Waals surface area (Å²) in [6, 6.07) is 35.7. The van der Waals surface area contributed by atoms with Crippen LogP contribution in [0, 0.1) is 0 Å². The normalized spacial score (nSPS) is 13.5. The first-order chi connectivity index (χ1) is 56.4. The number of aliphatic hydroxyl groups excluding tert-OH is 1. The lowest BCUT2D eigenvalue weighted by molar-refractivity contribution is -0.140. The van der Waals surface area contributed by atoms with Gasteiger partial charge in [-0.25, -0.2) is 0 Å². The molecule has 4 aliphatic rings. The second kappa shape index (κ2) is 45.3. The number of phenols is 3. The maximum atomic E-state index is 11.6. The van der Waals surface area contributed by atoms with Gasteiger partial charge in [-0.1, -0.05) is 113 Å². The molecule has 7 heterocycles. The predicted molar refractivity (Wildman–Crippen MR) is 466 cm³/mol. The number of nitrogens with two attached hydrogens (primary N) is 3. The molecule has 626 valence electrons. The number of nitrogen functional groups attached to an aromatic ring is 3. The van der Waals surface area contributed by atoms with Crippen molar-refractivity contribution in [2.24, 2.45) is 0 Å². The Balaban J connectivity index is 0.000000184. The minimum absolute atomic E-state index is 0.0139. The lowest BCUT2D eigenvalue weighted by Gasteiger charge is -2.31. The van der Waals surface area contributed by atoms with Crippen LogP contribution in [0.3, 0.4) is 0 Å². The lowest BCUT2D eigenvalue weighted by Crippen LogP contribution is -2.46. The monoisotopic (exact) mass is 1600 g/mol. The van der Waals surface area contributed by atoms with Crippen molar-refractivity contribution >= 4 is 90.5 Å². The Morgan fingerprint density at radius 2 is 0.846 bits per heavy atom. The Bertz CT molecular complexity index is 4670. The molecule has 3 aromatic heterocycles. The van der Waals surface area contributed by atoms with Crippen LogP contribution in [0.15, 0.2) is 147 Å². The van der Waals surface area contributed by atoms with Gasteiger partial charge in [0.1, 0.15) is 47.4 Å². The number of carbonyl (C=O) groups excluding carboxylic acids is 4. The van der Waals surface area contributed by atoms with E-state index in [1.54, 1.807) is 49.0 Å². The Labute approximate surface area is 687 Å². The fourth-order valence-corrected chi connectivity index (χ4v) is 14.3. The van der Waals surface area contributed by atoms with Crippen molar-refractivity contribution in [1.29, 1.82) is 0 Å². The molecule has 117 heavy (non-hydrogen) atoms. The highest BCUT2D eigenvalue weighted by molar-refractivity contribution is 5.98. The fourth-order valence-electron chi connectivity index (χ4n) is 14.3. The van der Waals surface area contributed by atoms with Gasteiger partial charge in [-0.3, -0.25) is 24.1 Å². The van der Waals surface area contributed by atoms with Gasteiger partial charge in [-0.15, -0.1) is 0 Å². The average molecular weight is 1600 g/mol. The van der Waals surface area contributed by atoms with E-state index in [2.05, 4.69) is 82.5 Å². The van der Waals surface area contributed by atoms with Gasteiger partial charge in [0.05, 0.1) is 49.9 Å². The highest BCUT2D eigenvalue weighted by atomic mass is 16.5. The molecule has 1 atom stereocenters. The molecule has 6 aromatic carbocycles. The van der Waals surface area contributed by atoms with Gasteiger partial charge in [0.25, 0.3) is 0 Å². The zero-order valence-corrected chi connectivity index (χ0v) is 69.6. The molecule has 28 nitrogen and oxygen atoms in total. The Morgan fingerprint density at radius 1 is 0.487 bits per heavy atom. The highest BCUT2D eigenvalue weighted by Crippen LogP contribution is 2.39. The summed E-state index contributed by atoms with van der Waals surface area (Å²) in [5.74, 6) is 1.96. The van der Waals surface area contributed by atoms with E-state index in [1.165, 1.54) is 47.3 Å². The number of hydrogen-bond donors (Lipinski definition) is 7. The summed E-state index contributed by atoms with van der Waals surface area (Å²) in [6.45, 7) is 36.1. The second-order valence-electron chi connectivity index (χ2n) is 28.6. The van der Waals surface area contributed by atoms with Crippen molar-refractivity contribution in [3.8, 4) is 35.3 Å². The summed E-state index contributed by atoms with van der Waals surface area (Å²) in [5, 5.41) is 45.4. The summed E-state index contributed by atoms with van der Waals surface area (Å²) in [6.07, 6.45) is 12.4. The summed E-state index contributed by atoms with van der Waals surface area (Å²) < 4.78 is 17.0. The molecule has 13 rings (SSSR count). The van der Waals surface area contributed by atoms with Gasteiger partial charge in [0.15, 0.2) is 0 Å². The van der Waals surface area contributed by atoms with E-state index in [9.17, 15) is 34.5 Å². The van der Waals surface area contributed by atoms with Crippen LogP contribution in [0.4, 0.5) is 34.5 Å². The van der Waals surface area contributed by atoms with Crippen molar-refractivity contribution in [3.63, 3.8) is 0 Å². The molecule has 1 unspecified atom stereocenters. The quantitative estimate of drug-likeness (QED) is 0.0261. The van der Waals surface area contributed by atoms with Crippen molar-refractivity contribution in [2.75, 3.05) is 144 Å². The number of ether oxygens (including phenoxy) is 3. The number of phenolic OH excluding ortho intramolecular Hbond substituents is 3. The van der Waals surface area contributed by atoms with Gasteiger partial charge >= 0.3 is 18.0 Å². The van der Waals surface area contributed by atoms with Crippen LogP contribution in [0.2, 0.25) is 0 Å². The predicted octanol–water partition coefficient (Wildman–Crippen LogP) is 11.8. The number of nitrogens with zero attached hydrogens (tertiary/aromatic N) is 14. The number of piperidine rings is 1. The molecular weight excluding hydrogens is 1480 g/mol. The first-order valence-corrected chi connectivity index (χ1v) is 40.5. The van der Waals surface area contributed by atoms with Crippen LogP contribution in [0.25, 0.3) is 32.3 Å². The molecule has 28 heteroatoms. The minimum atomic E-state index is -0.430. The Kier molecular flexibility index (Phi) is 35.0. The number of aliphatic hydroxyl groups is 1. The van der Waals surface area contributed by atoms with E-state index in [1.807, 2.05) is 114 Å². The van der Waals surface area contributed by atoms with Crippen LogP contribution in [-0.4, -0.2) is 217 Å². The fraction of sp³-hybridized carbons (Fsp3) is 0.416. The number of hydrogen-bond acceptors (Lipinski definition) is 24. The van der Waals surface area contributed by atoms with Gasteiger partial charge in [0, 0.05) is 148 Å². The highest BCUT2D eigenvalue weighted by Gasteiger charge is 2.29. The van der Waals surface area contributed by atoms with Crippen molar-refractivity contribution in [2.45, 2.75) is 132 Å². The number of benzene rings is 6. The van der Waals surface area contributed by atoms with E-state index < -0.39 is 6.04 Å². The molecule has 1 saturated heterocycles. The molecule has 0 spiro atoms. The maximum absolute atomic E-state index is 11.6. The van der Waals surface area contributed by atoms with Crippen molar-refractivity contribution in [1.82, 2.24) is 54.4 Å². The van der Waals surface area contributed by atoms with Gasteiger partial charge < -0.3 is 86.1 Å². The molecule has 0 bridgehead atoms. The first-order valence-electron chi connectivity index (χ1n) is 40.5. The Hall–Kier alpha value is -12.0. The molecule has 4 amide bonds. The average Bonchev–Trinajstić information content (AvgIpc) is 0.785. The van der Waals surface area contributed by atoms with Crippen LogP contribution >= 0.6 is 0 Å². The van der Waals surface area contributed by atoms with Gasteiger partial charge in [-0.2, -0.15) is 29.9 Å². The molecule has 0 radical (unpaired) electrons. The van der Waals surface area contributed by atoms with E-state index in [-0.39, 0.29) is 47.5 Å². The van der Waals surface area contributed by atoms with Crippen LogP contribution < -0.4 is 46.1 Å². The number of aromatic hydroxyl groups is 3. The number of amides is 4. The summed E-state index contributed by atoms with van der Waals surface area (Å²) >= 11 is 0. The third-order valence-electron chi connectivity index (χ3n) is 20.5. The van der Waals surface area contributed by atoms with Crippen LogP contribution in [0.1, 0.15) is 121 Å². The summed E-state index contributed by atoms with van der Waals surface area (Å²) in [4.78, 5) is 86.9. The molecule has 9 aromatic rings. The number of likely N-dealkylation sites (tertiary alicyclic amines) is 1. The maximum Gasteiger partial charge on any atom is 0.318 e. The summed E-state index contributed by atoms with van der Waals surface area (Å²) in [5.41, 5.74) is 27.2. The van der Waals surface area contributed by atoms with E-state index in [0.717, 1.165) is 168 Å².